The number of aromatic nitrogens is 4. The summed E-state index contributed by atoms with van der Waals surface area (Å²) in [6.07, 6.45) is 2.74. The second-order valence-corrected chi connectivity index (χ2v) is 6.72. The summed E-state index contributed by atoms with van der Waals surface area (Å²) in [5.41, 5.74) is 3.05. The zero-order valence-electron chi connectivity index (χ0n) is 15.9. The number of nitrogens with one attached hydrogen (secondary N) is 1. The van der Waals surface area contributed by atoms with Crippen LogP contribution >= 0.6 is 0 Å². The van der Waals surface area contributed by atoms with Gasteiger partial charge in [0.05, 0.1) is 17.6 Å². The number of hydrogen-bond donors (Lipinski definition) is 1. The van der Waals surface area contributed by atoms with Crippen molar-refractivity contribution in [3.8, 4) is 5.69 Å². The molecule has 0 aliphatic rings. The number of aryl methyl sites for hydroxylation is 1. The maximum atomic E-state index is 13.7. The van der Waals surface area contributed by atoms with E-state index < -0.39 is 17.3 Å². The Balaban J connectivity index is 1.66. The molecule has 0 aliphatic carbocycles. The molecule has 0 atom stereocenters. The summed E-state index contributed by atoms with van der Waals surface area (Å²) in [6.45, 7) is 3.69. The summed E-state index contributed by atoms with van der Waals surface area (Å²) < 4.78 is 16.5. The van der Waals surface area contributed by atoms with E-state index in [2.05, 4.69) is 15.4 Å². The lowest BCUT2D eigenvalue weighted by Crippen LogP contribution is -2.28. The van der Waals surface area contributed by atoms with Gasteiger partial charge in [-0.15, -0.1) is 0 Å². The van der Waals surface area contributed by atoms with Crippen LogP contribution in [-0.2, 0) is 11.3 Å². The Hall–Kier alpha value is -3.81. The van der Waals surface area contributed by atoms with Crippen LogP contribution in [0.15, 0.2) is 59.8 Å². The number of benzene rings is 2. The van der Waals surface area contributed by atoms with Crippen LogP contribution in [0.1, 0.15) is 11.1 Å². The number of fused-ring (bicyclic) bond motifs is 1. The van der Waals surface area contributed by atoms with E-state index in [9.17, 15) is 14.0 Å². The summed E-state index contributed by atoms with van der Waals surface area (Å²) in [5, 5.41) is 7.07. The molecule has 0 saturated heterocycles. The first kappa shape index (κ1) is 18.5. The number of amides is 1. The lowest BCUT2D eigenvalue weighted by atomic mass is 10.1. The van der Waals surface area contributed by atoms with Gasteiger partial charge in [-0.2, -0.15) is 5.10 Å². The van der Waals surface area contributed by atoms with E-state index in [0.29, 0.717) is 11.0 Å². The second kappa shape index (κ2) is 7.31. The third-order valence-corrected chi connectivity index (χ3v) is 4.82. The van der Waals surface area contributed by atoms with E-state index in [1.165, 1.54) is 35.3 Å². The molecule has 4 rings (SSSR count). The molecule has 8 heteroatoms. The minimum atomic E-state index is -0.545. The first-order valence-corrected chi connectivity index (χ1v) is 9.00. The van der Waals surface area contributed by atoms with Gasteiger partial charge in [0.1, 0.15) is 24.1 Å². The molecule has 0 saturated carbocycles. The molecule has 2 aromatic heterocycles. The maximum absolute atomic E-state index is 13.7. The van der Waals surface area contributed by atoms with E-state index in [1.54, 1.807) is 10.7 Å². The number of halogens is 1. The largest absolute Gasteiger partial charge is 0.322 e. The van der Waals surface area contributed by atoms with Crippen LogP contribution < -0.4 is 10.9 Å². The van der Waals surface area contributed by atoms with Gasteiger partial charge in [-0.3, -0.25) is 14.2 Å². The molecule has 146 valence electrons. The van der Waals surface area contributed by atoms with Crippen LogP contribution in [0.4, 0.5) is 10.1 Å². The van der Waals surface area contributed by atoms with Crippen LogP contribution in [0, 0.1) is 19.7 Å². The maximum Gasteiger partial charge on any atom is 0.264 e. The summed E-state index contributed by atoms with van der Waals surface area (Å²) >= 11 is 0. The van der Waals surface area contributed by atoms with Gasteiger partial charge in [0, 0.05) is 0 Å². The monoisotopic (exact) mass is 391 g/mol. The smallest absolute Gasteiger partial charge is 0.264 e. The quantitative estimate of drug-likeness (QED) is 0.580. The fraction of sp³-hybridized carbons (Fsp3) is 0.143. The number of anilines is 1. The topological polar surface area (TPSA) is 81.8 Å². The molecule has 0 radical (unpaired) electrons. The van der Waals surface area contributed by atoms with E-state index >= 15 is 0 Å². The number of carbonyl (C=O) groups excluding carboxylic acids is 1. The SMILES string of the molecule is Cc1cccc(-n2ncc3c(=O)n(CC(=O)Nc4ccccc4F)cnc32)c1C. The molecule has 7 nitrogen and oxygen atoms in total. The van der Waals surface area contributed by atoms with Gasteiger partial charge in [-0.25, -0.2) is 14.1 Å². The van der Waals surface area contributed by atoms with Crippen LogP contribution in [0.3, 0.4) is 0 Å². The van der Waals surface area contributed by atoms with Crippen LogP contribution in [0.25, 0.3) is 16.7 Å². The van der Waals surface area contributed by atoms with Crippen molar-refractivity contribution in [3.05, 3.63) is 82.3 Å². The van der Waals surface area contributed by atoms with Gasteiger partial charge in [0.2, 0.25) is 5.91 Å². The van der Waals surface area contributed by atoms with Crippen molar-refractivity contribution >= 4 is 22.6 Å². The molecule has 4 aromatic rings. The minimum Gasteiger partial charge on any atom is -0.322 e. The normalized spacial score (nSPS) is 11.0. The van der Waals surface area contributed by atoms with Crippen molar-refractivity contribution in [2.75, 3.05) is 5.32 Å². The van der Waals surface area contributed by atoms with Crippen LogP contribution in [0.5, 0.6) is 0 Å². The zero-order chi connectivity index (χ0) is 20.5. The Morgan fingerprint density at radius 1 is 1.14 bits per heavy atom. The Labute approximate surface area is 165 Å². The Kier molecular flexibility index (Phi) is 4.67. The van der Waals surface area contributed by atoms with Gasteiger partial charge < -0.3 is 5.32 Å². The molecule has 1 amide bonds. The second-order valence-electron chi connectivity index (χ2n) is 6.72. The number of nitrogens with zero attached hydrogens (tertiary/aromatic N) is 4. The standard InChI is InChI=1S/C21H18FN5O2/c1-13-6-5-9-18(14(13)2)27-20-15(10-24-27)21(29)26(12-23-20)11-19(28)25-17-8-4-3-7-16(17)22/h3-10,12H,11H2,1-2H3,(H,25,28). The first-order chi connectivity index (χ1) is 14.0. The van der Waals surface area contributed by atoms with E-state index in [-0.39, 0.29) is 12.2 Å². The van der Waals surface area contributed by atoms with Gasteiger partial charge in [-0.1, -0.05) is 24.3 Å². The van der Waals surface area contributed by atoms with E-state index in [4.69, 9.17) is 0 Å². The molecule has 2 aromatic carbocycles. The molecular weight excluding hydrogens is 373 g/mol. The average Bonchev–Trinajstić information content (AvgIpc) is 3.13. The fourth-order valence-corrected chi connectivity index (χ4v) is 3.11. The predicted octanol–water partition coefficient (Wildman–Crippen LogP) is 2.98. The Bertz CT molecular complexity index is 1290. The lowest BCUT2D eigenvalue weighted by molar-refractivity contribution is -0.116. The molecule has 29 heavy (non-hydrogen) atoms. The van der Waals surface area contributed by atoms with Gasteiger partial charge in [0.25, 0.3) is 5.56 Å². The van der Waals surface area contributed by atoms with Crippen LogP contribution in [0.2, 0.25) is 0 Å². The number of para-hydroxylation sites is 1. The van der Waals surface area contributed by atoms with Crippen LogP contribution in [-0.4, -0.2) is 25.2 Å². The van der Waals surface area contributed by atoms with Crippen molar-refractivity contribution in [1.82, 2.24) is 19.3 Å². The molecule has 1 N–H and O–H groups in total. The lowest BCUT2D eigenvalue weighted by Gasteiger charge is -2.10. The first-order valence-electron chi connectivity index (χ1n) is 9.00. The highest BCUT2D eigenvalue weighted by atomic mass is 19.1. The molecule has 0 bridgehead atoms. The Morgan fingerprint density at radius 2 is 1.93 bits per heavy atom. The highest BCUT2D eigenvalue weighted by Crippen LogP contribution is 2.20. The van der Waals surface area contributed by atoms with Gasteiger partial charge in [-0.05, 0) is 43.2 Å². The zero-order valence-corrected chi connectivity index (χ0v) is 15.9. The van der Waals surface area contributed by atoms with Gasteiger partial charge in [0.15, 0.2) is 5.65 Å². The number of carbonyl (C=O) groups is 1. The van der Waals surface area contributed by atoms with Crippen molar-refractivity contribution in [3.63, 3.8) is 0 Å². The summed E-state index contributed by atoms with van der Waals surface area (Å²) in [7, 11) is 0. The molecule has 0 aliphatic heterocycles. The fourth-order valence-electron chi connectivity index (χ4n) is 3.11. The summed E-state index contributed by atoms with van der Waals surface area (Å²) in [6, 6.07) is 11.7. The van der Waals surface area contributed by atoms with E-state index in [0.717, 1.165) is 16.8 Å². The predicted molar refractivity (Wildman–Crippen MR) is 108 cm³/mol. The molecule has 2 heterocycles. The number of rotatable bonds is 4. The third-order valence-electron chi connectivity index (χ3n) is 4.82. The van der Waals surface area contributed by atoms with E-state index in [1.807, 2.05) is 32.0 Å². The van der Waals surface area contributed by atoms with Crippen molar-refractivity contribution in [2.45, 2.75) is 20.4 Å². The number of hydrogen-bond acceptors (Lipinski definition) is 4. The highest BCUT2D eigenvalue weighted by Gasteiger charge is 2.15. The summed E-state index contributed by atoms with van der Waals surface area (Å²) in [4.78, 5) is 29.4. The molecular formula is C21H18FN5O2. The van der Waals surface area contributed by atoms with Crippen molar-refractivity contribution < 1.29 is 9.18 Å². The van der Waals surface area contributed by atoms with Crippen molar-refractivity contribution in [2.24, 2.45) is 0 Å². The molecule has 0 unspecified atom stereocenters. The van der Waals surface area contributed by atoms with Gasteiger partial charge >= 0.3 is 0 Å². The molecule has 0 spiro atoms. The molecule has 0 fully saturated rings. The third kappa shape index (κ3) is 3.40. The minimum absolute atomic E-state index is 0.0577. The highest BCUT2D eigenvalue weighted by molar-refractivity contribution is 5.90. The Morgan fingerprint density at radius 3 is 2.72 bits per heavy atom. The summed E-state index contributed by atoms with van der Waals surface area (Å²) in [5.74, 6) is -1.07. The average molecular weight is 391 g/mol. The van der Waals surface area contributed by atoms with Crippen molar-refractivity contribution in [1.29, 1.82) is 0 Å².